The van der Waals surface area contributed by atoms with Crippen LogP contribution in [0.2, 0.25) is 0 Å². The molecule has 20 heavy (non-hydrogen) atoms. The maximum atomic E-state index is 11.6. The molecule has 0 radical (unpaired) electrons. The van der Waals surface area contributed by atoms with E-state index in [4.69, 9.17) is 4.74 Å². The van der Waals surface area contributed by atoms with Gasteiger partial charge < -0.3 is 10.1 Å². The molecule has 1 heterocycles. The first-order chi connectivity index (χ1) is 9.63. The second kappa shape index (κ2) is 6.52. The Morgan fingerprint density at radius 3 is 2.85 bits per heavy atom. The van der Waals surface area contributed by atoms with Crippen molar-refractivity contribution in [1.82, 2.24) is 4.37 Å². The van der Waals surface area contributed by atoms with Crippen LogP contribution in [-0.2, 0) is 6.42 Å². The number of carbonyl (C=O) groups excluding carboxylic acids is 1. The number of nitrogens with one attached hydrogen (secondary N) is 1. The number of para-hydroxylation sites is 1. The average Bonchev–Trinajstić information content (AvgIpc) is 2.80. The van der Waals surface area contributed by atoms with Gasteiger partial charge in [0.1, 0.15) is 10.8 Å². The van der Waals surface area contributed by atoms with Crippen LogP contribution in [-0.4, -0.2) is 23.8 Å². The Kier molecular flexibility index (Phi) is 4.74. The molecule has 2 aromatic rings. The summed E-state index contributed by atoms with van der Waals surface area (Å²) in [5, 5.41) is 4.15. The van der Waals surface area contributed by atoms with Crippen molar-refractivity contribution in [2.45, 2.75) is 20.3 Å². The van der Waals surface area contributed by atoms with E-state index in [1.165, 1.54) is 11.5 Å². The quantitative estimate of drug-likeness (QED) is 0.829. The van der Waals surface area contributed by atoms with Crippen LogP contribution in [0.25, 0.3) is 0 Å². The molecule has 0 aliphatic heterocycles. The summed E-state index contributed by atoms with van der Waals surface area (Å²) in [5.74, 6) is 0.942. The zero-order valence-corrected chi connectivity index (χ0v) is 12.7. The van der Waals surface area contributed by atoms with Crippen molar-refractivity contribution < 1.29 is 9.53 Å². The van der Waals surface area contributed by atoms with E-state index in [2.05, 4.69) is 9.69 Å². The fourth-order valence-electron chi connectivity index (χ4n) is 2.13. The Morgan fingerprint density at radius 2 is 2.15 bits per heavy atom. The molecule has 0 spiro atoms. The Bertz CT molecular complexity index is 608. The molecule has 0 bridgehead atoms. The second-order valence-electron chi connectivity index (χ2n) is 4.52. The molecule has 0 saturated heterocycles. The zero-order chi connectivity index (χ0) is 14.5. The lowest BCUT2D eigenvalue weighted by Crippen LogP contribution is -2.07. The van der Waals surface area contributed by atoms with E-state index in [9.17, 15) is 4.79 Å². The van der Waals surface area contributed by atoms with Crippen molar-refractivity contribution in [2.24, 2.45) is 0 Å². The van der Waals surface area contributed by atoms with Gasteiger partial charge in [0.05, 0.1) is 18.4 Å². The number of methoxy groups -OCH3 is 1. The van der Waals surface area contributed by atoms with Crippen molar-refractivity contribution in [3.8, 4) is 5.75 Å². The summed E-state index contributed by atoms with van der Waals surface area (Å²) in [6.07, 6.45) is 0.832. The maximum Gasteiger partial charge on any atom is 0.164 e. The number of ketones is 1. The zero-order valence-electron chi connectivity index (χ0n) is 11.9. The number of carbonyl (C=O) groups is 1. The van der Waals surface area contributed by atoms with E-state index < -0.39 is 0 Å². The largest absolute Gasteiger partial charge is 0.496 e. The molecular formula is C15H18N2O2S. The van der Waals surface area contributed by atoms with Crippen molar-refractivity contribution in [1.29, 1.82) is 0 Å². The van der Waals surface area contributed by atoms with Gasteiger partial charge in [-0.2, -0.15) is 4.37 Å². The lowest BCUT2D eigenvalue weighted by atomic mass is 10.1. The van der Waals surface area contributed by atoms with E-state index in [-0.39, 0.29) is 5.78 Å². The maximum absolute atomic E-state index is 11.6. The standard InChI is InChI=1S/C15H18N2O2S/c1-10-14(11(2)18)15(20-17-10)16-9-8-12-6-4-5-7-13(12)19-3/h4-7,16H,8-9H2,1-3H3. The van der Waals surface area contributed by atoms with Gasteiger partial charge in [-0.1, -0.05) is 18.2 Å². The number of benzene rings is 1. The lowest BCUT2D eigenvalue weighted by molar-refractivity contribution is 0.101. The molecule has 1 aromatic carbocycles. The summed E-state index contributed by atoms with van der Waals surface area (Å²) in [4.78, 5) is 11.6. The highest BCUT2D eigenvalue weighted by Crippen LogP contribution is 2.25. The molecule has 4 nitrogen and oxygen atoms in total. The highest BCUT2D eigenvalue weighted by atomic mass is 32.1. The van der Waals surface area contributed by atoms with E-state index in [1.807, 2.05) is 31.2 Å². The summed E-state index contributed by atoms with van der Waals surface area (Å²) < 4.78 is 9.55. The number of Topliss-reactive ketones (excluding diaryl/α,β-unsaturated/α-hetero) is 1. The number of hydrogen-bond acceptors (Lipinski definition) is 5. The molecule has 0 aliphatic carbocycles. The van der Waals surface area contributed by atoms with Crippen LogP contribution in [0, 0.1) is 6.92 Å². The molecule has 1 N–H and O–H groups in total. The Hall–Kier alpha value is -1.88. The minimum Gasteiger partial charge on any atom is -0.496 e. The Labute approximate surface area is 123 Å². The van der Waals surface area contributed by atoms with E-state index in [0.717, 1.165) is 35.0 Å². The van der Waals surface area contributed by atoms with E-state index >= 15 is 0 Å². The van der Waals surface area contributed by atoms with E-state index in [1.54, 1.807) is 14.0 Å². The molecule has 106 valence electrons. The third-order valence-corrected chi connectivity index (χ3v) is 3.98. The van der Waals surface area contributed by atoms with Crippen LogP contribution in [0.4, 0.5) is 5.00 Å². The molecule has 0 fully saturated rings. The van der Waals surface area contributed by atoms with Gasteiger partial charge >= 0.3 is 0 Å². The number of rotatable bonds is 6. The highest BCUT2D eigenvalue weighted by molar-refractivity contribution is 7.10. The van der Waals surface area contributed by atoms with Crippen LogP contribution in [0.15, 0.2) is 24.3 Å². The summed E-state index contributed by atoms with van der Waals surface area (Å²) >= 11 is 1.34. The van der Waals surface area contributed by atoms with Crippen LogP contribution in [0.5, 0.6) is 5.75 Å². The summed E-state index contributed by atoms with van der Waals surface area (Å²) in [6, 6.07) is 7.95. The first-order valence-corrected chi connectivity index (χ1v) is 7.23. The third kappa shape index (κ3) is 3.17. The number of hydrogen-bond donors (Lipinski definition) is 1. The third-order valence-electron chi connectivity index (χ3n) is 3.09. The van der Waals surface area contributed by atoms with Gasteiger partial charge in [0.2, 0.25) is 0 Å². The van der Waals surface area contributed by atoms with Gasteiger partial charge in [-0.25, -0.2) is 0 Å². The number of nitrogens with zero attached hydrogens (tertiary/aromatic N) is 1. The van der Waals surface area contributed by atoms with Gasteiger partial charge in [0, 0.05) is 6.54 Å². The van der Waals surface area contributed by atoms with Gasteiger partial charge in [-0.05, 0) is 43.4 Å². The van der Waals surface area contributed by atoms with Crippen molar-refractivity contribution in [3.63, 3.8) is 0 Å². The summed E-state index contributed by atoms with van der Waals surface area (Å²) in [7, 11) is 1.67. The first kappa shape index (κ1) is 14.5. The molecule has 0 atom stereocenters. The Morgan fingerprint density at radius 1 is 1.40 bits per heavy atom. The van der Waals surface area contributed by atoms with Crippen LogP contribution in [0.3, 0.4) is 0 Å². The fourth-order valence-corrected chi connectivity index (χ4v) is 2.99. The molecule has 0 amide bonds. The van der Waals surface area contributed by atoms with Gasteiger partial charge in [-0.3, -0.25) is 4.79 Å². The van der Waals surface area contributed by atoms with Crippen molar-refractivity contribution >= 4 is 22.3 Å². The molecule has 1 aromatic heterocycles. The van der Waals surface area contributed by atoms with Gasteiger partial charge in [0.25, 0.3) is 0 Å². The average molecular weight is 290 g/mol. The SMILES string of the molecule is COc1ccccc1CCNc1snc(C)c1C(C)=O. The van der Waals surface area contributed by atoms with Gasteiger partial charge in [0.15, 0.2) is 5.78 Å². The first-order valence-electron chi connectivity index (χ1n) is 6.46. The smallest absolute Gasteiger partial charge is 0.164 e. The van der Waals surface area contributed by atoms with Crippen molar-refractivity contribution in [2.75, 3.05) is 19.0 Å². The van der Waals surface area contributed by atoms with Crippen LogP contribution in [0.1, 0.15) is 28.5 Å². The highest BCUT2D eigenvalue weighted by Gasteiger charge is 2.14. The van der Waals surface area contributed by atoms with Gasteiger partial charge in [-0.15, -0.1) is 0 Å². The van der Waals surface area contributed by atoms with E-state index in [0.29, 0.717) is 5.56 Å². The summed E-state index contributed by atoms with van der Waals surface area (Å²) in [6.45, 7) is 4.17. The summed E-state index contributed by atoms with van der Waals surface area (Å²) in [5.41, 5.74) is 2.64. The predicted octanol–water partition coefficient (Wildman–Crippen LogP) is 3.32. The number of anilines is 1. The number of aryl methyl sites for hydroxylation is 1. The number of ether oxygens (including phenoxy) is 1. The second-order valence-corrected chi connectivity index (χ2v) is 5.29. The minimum atomic E-state index is 0.0519. The molecule has 0 saturated carbocycles. The molecule has 0 unspecified atom stereocenters. The molecular weight excluding hydrogens is 272 g/mol. The minimum absolute atomic E-state index is 0.0519. The monoisotopic (exact) mass is 290 g/mol. The molecule has 5 heteroatoms. The lowest BCUT2D eigenvalue weighted by Gasteiger charge is -2.09. The Balaban J connectivity index is 2.01. The normalized spacial score (nSPS) is 10.3. The van der Waals surface area contributed by atoms with Crippen LogP contribution >= 0.6 is 11.5 Å². The van der Waals surface area contributed by atoms with Crippen LogP contribution < -0.4 is 10.1 Å². The fraction of sp³-hybridized carbons (Fsp3) is 0.333. The predicted molar refractivity (Wildman–Crippen MR) is 82.0 cm³/mol. The number of aromatic nitrogens is 1. The molecule has 2 rings (SSSR count). The topological polar surface area (TPSA) is 51.2 Å². The molecule has 0 aliphatic rings. The van der Waals surface area contributed by atoms with Crippen molar-refractivity contribution in [3.05, 3.63) is 41.1 Å².